The van der Waals surface area contributed by atoms with Crippen LogP contribution in [0.1, 0.15) is 36.1 Å². The lowest BCUT2D eigenvalue weighted by molar-refractivity contribution is -0.141. The molecule has 0 aliphatic rings. The Morgan fingerprint density at radius 3 is 2.07 bits per heavy atom. The molecule has 28 heavy (non-hydrogen) atoms. The molecule has 3 heteroatoms. The lowest BCUT2D eigenvalue weighted by Gasteiger charge is -2.29. The van der Waals surface area contributed by atoms with E-state index >= 15 is 0 Å². The Balaban J connectivity index is 2.05. The molecule has 3 aromatic rings. The van der Waals surface area contributed by atoms with Crippen molar-refractivity contribution in [1.29, 1.82) is 0 Å². The van der Waals surface area contributed by atoms with Crippen molar-refractivity contribution in [3.8, 4) is 0 Å². The molecule has 3 aromatic carbocycles. The predicted molar refractivity (Wildman–Crippen MR) is 116 cm³/mol. The molecule has 0 saturated heterocycles. The van der Waals surface area contributed by atoms with Crippen LogP contribution in [-0.4, -0.2) is 17.6 Å². The van der Waals surface area contributed by atoms with E-state index in [-0.39, 0.29) is 0 Å². The Morgan fingerprint density at radius 1 is 0.893 bits per heavy atom. The molecule has 0 amide bonds. The predicted octanol–water partition coefficient (Wildman–Crippen LogP) is 5.85. The Kier molecular flexibility index (Phi) is 5.55. The number of hydrogen-bond donors (Lipinski definition) is 1. The van der Waals surface area contributed by atoms with Crippen LogP contribution in [0.15, 0.2) is 72.8 Å². The van der Waals surface area contributed by atoms with E-state index in [1.54, 1.807) is 6.92 Å². The highest BCUT2D eigenvalue weighted by molar-refractivity contribution is 5.86. The van der Waals surface area contributed by atoms with E-state index in [4.69, 9.17) is 0 Å². The van der Waals surface area contributed by atoms with Crippen LogP contribution in [0.2, 0.25) is 0 Å². The number of carboxylic acid groups (broad SMARTS) is 1. The number of para-hydroxylation sites is 1. The number of hydrogen-bond acceptors (Lipinski definition) is 2. The number of benzene rings is 3. The van der Waals surface area contributed by atoms with Gasteiger partial charge in [0.2, 0.25) is 0 Å². The van der Waals surface area contributed by atoms with Gasteiger partial charge in [-0.3, -0.25) is 4.79 Å². The third kappa shape index (κ3) is 3.40. The van der Waals surface area contributed by atoms with Crippen molar-refractivity contribution in [1.82, 2.24) is 0 Å². The minimum atomic E-state index is -1.10. The molecule has 0 heterocycles. The number of nitrogens with zero attached hydrogens (tertiary/aromatic N) is 1. The number of carbonyl (C=O) groups is 1. The van der Waals surface area contributed by atoms with Gasteiger partial charge in [0.05, 0.1) is 0 Å². The van der Waals surface area contributed by atoms with Gasteiger partial charge in [0.1, 0.15) is 5.41 Å². The van der Waals surface area contributed by atoms with Crippen LogP contribution >= 0.6 is 0 Å². The summed E-state index contributed by atoms with van der Waals surface area (Å²) >= 11 is 0. The first-order chi connectivity index (χ1) is 13.4. The van der Waals surface area contributed by atoms with Gasteiger partial charge in [0, 0.05) is 17.9 Å². The second kappa shape index (κ2) is 7.89. The first kappa shape index (κ1) is 19.7. The highest BCUT2D eigenvalue weighted by Gasteiger charge is 2.38. The van der Waals surface area contributed by atoms with Crippen LogP contribution in [0, 0.1) is 13.8 Å². The summed E-state index contributed by atoms with van der Waals surface area (Å²) in [6.07, 6.45) is 0. The van der Waals surface area contributed by atoms with Gasteiger partial charge in [-0.1, -0.05) is 48.5 Å². The van der Waals surface area contributed by atoms with Crippen molar-refractivity contribution in [2.75, 3.05) is 11.4 Å². The van der Waals surface area contributed by atoms with Crippen molar-refractivity contribution in [3.05, 3.63) is 95.1 Å². The molecule has 0 aliphatic carbocycles. The van der Waals surface area contributed by atoms with Crippen molar-refractivity contribution < 1.29 is 9.90 Å². The average Bonchev–Trinajstić information content (AvgIpc) is 2.71. The molecule has 0 spiro atoms. The Bertz CT molecular complexity index is 964. The molecule has 0 aliphatic heterocycles. The van der Waals surface area contributed by atoms with Crippen molar-refractivity contribution in [3.63, 3.8) is 0 Å². The molecule has 1 N–H and O–H groups in total. The fraction of sp³-hybridized carbons (Fsp3) is 0.240. The smallest absolute Gasteiger partial charge is 0.318 e. The van der Waals surface area contributed by atoms with Crippen molar-refractivity contribution >= 4 is 17.3 Å². The lowest BCUT2D eigenvalue weighted by Crippen LogP contribution is -2.34. The summed E-state index contributed by atoms with van der Waals surface area (Å²) in [5.41, 5.74) is 4.81. The summed E-state index contributed by atoms with van der Waals surface area (Å²) in [4.78, 5) is 14.6. The van der Waals surface area contributed by atoms with Gasteiger partial charge in [-0.05, 0) is 74.2 Å². The van der Waals surface area contributed by atoms with Crippen LogP contribution in [0.3, 0.4) is 0 Å². The molecule has 3 nitrogen and oxygen atoms in total. The highest BCUT2D eigenvalue weighted by atomic mass is 16.4. The van der Waals surface area contributed by atoms with Gasteiger partial charge in [0.15, 0.2) is 0 Å². The van der Waals surface area contributed by atoms with Gasteiger partial charge in [0.25, 0.3) is 0 Å². The maximum Gasteiger partial charge on any atom is 0.318 e. The second-order valence-electron chi connectivity index (χ2n) is 7.30. The zero-order valence-corrected chi connectivity index (χ0v) is 16.9. The molecular weight excluding hydrogens is 346 g/mol. The topological polar surface area (TPSA) is 40.5 Å². The van der Waals surface area contributed by atoms with E-state index in [1.807, 2.05) is 74.5 Å². The molecule has 3 rings (SSSR count). The van der Waals surface area contributed by atoms with Gasteiger partial charge in [-0.15, -0.1) is 0 Å². The zero-order valence-electron chi connectivity index (χ0n) is 16.9. The molecule has 1 unspecified atom stereocenters. The third-order valence-electron chi connectivity index (χ3n) is 5.71. The Hall–Kier alpha value is -3.07. The first-order valence-electron chi connectivity index (χ1n) is 9.62. The van der Waals surface area contributed by atoms with Crippen LogP contribution < -0.4 is 4.90 Å². The summed E-state index contributed by atoms with van der Waals surface area (Å²) < 4.78 is 0. The standard InChI is InChI=1S/C25H27NO2/c1-5-26(21-11-7-6-8-12-21)22-16-14-20(15-17-22)25(4,24(27)28)23-13-9-10-18(2)19(23)3/h6-17H,5H2,1-4H3,(H,27,28). The number of anilines is 2. The fourth-order valence-corrected chi connectivity index (χ4v) is 3.78. The van der Waals surface area contributed by atoms with E-state index in [2.05, 4.69) is 24.0 Å². The van der Waals surface area contributed by atoms with Gasteiger partial charge >= 0.3 is 5.97 Å². The number of rotatable bonds is 6. The molecule has 0 radical (unpaired) electrons. The quantitative estimate of drug-likeness (QED) is 0.589. The summed E-state index contributed by atoms with van der Waals surface area (Å²) in [6, 6.07) is 24.0. The molecule has 0 fully saturated rings. The van der Waals surface area contributed by atoms with Crippen LogP contribution in [0.25, 0.3) is 0 Å². The minimum absolute atomic E-state index is 0.779. The van der Waals surface area contributed by atoms with Gasteiger partial charge in [-0.2, -0.15) is 0 Å². The summed E-state index contributed by atoms with van der Waals surface area (Å²) in [5.74, 6) is -0.843. The molecule has 0 saturated carbocycles. The minimum Gasteiger partial charge on any atom is -0.480 e. The van der Waals surface area contributed by atoms with E-state index in [9.17, 15) is 9.90 Å². The normalized spacial score (nSPS) is 13.0. The fourth-order valence-electron chi connectivity index (χ4n) is 3.78. The molecule has 1 atom stereocenters. The lowest BCUT2D eigenvalue weighted by atomic mass is 9.74. The van der Waals surface area contributed by atoms with Crippen LogP contribution in [-0.2, 0) is 10.2 Å². The van der Waals surface area contributed by atoms with Crippen molar-refractivity contribution in [2.24, 2.45) is 0 Å². The van der Waals surface area contributed by atoms with Gasteiger partial charge < -0.3 is 10.0 Å². The van der Waals surface area contributed by atoms with E-state index < -0.39 is 11.4 Å². The van der Waals surface area contributed by atoms with E-state index in [1.165, 1.54) is 0 Å². The summed E-state index contributed by atoms with van der Waals surface area (Å²) in [5, 5.41) is 10.1. The largest absolute Gasteiger partial charge is 0.480 e. The van der Waals surface area contributed by atoms with Crippen LogP contribution in [0.4, 0.5) is 11.4 Å². The number of carboxylic acids is 1. The maximum absolute atomic E-state index is 12.4. The zero-order chi connectivity index (χ0) is 20.3. The van der Waals surface area contributed by atoms with Crippen LogP contribution in [0.5, 0.6) is 0 Å². The van der Waals surface area contributed by atoms with E-state index in [0.717, 1.165) is 40.2 Å². The third-order valence-corrected chi connectivity index (χ3v) is 5.71. The monoisotopic (exact) mass is 373 g/mol. The summed E-state index contributed by atoms with van der Waals surface area (Å²) in [7, 11) is 0. The highest BCUT2D eigenvalue weighted by Crippen LogP contribution is 2.37. The average molecular weight is 373 g/mol. The first-order valence-corrected chi connectivity index (χ1v) is 9.62. The van der Waals surface area contributed by atoms with Gasteiger partial charge in [-0.25, -0.2) is 0 Å². The summed E-state index contributed by atoms with van der Waals surface area (Å²) in [6.45, 7) is 8.74. The molecule has 0 bridgehead atoms. The number of aryl methyl sites for hydroxylation is 1. The molecule has 0 aromatic heterocycles. The second-order valence-corrected chi connectivity index (χ2v) is 7.30. The maximum atomic E-state index is 12.4. The SMILES string of the molecule is CCN(c1ccccc1)c1ccc(C(C)(C(=O)O)c2cccc(C)c2C)cc1. The Labute approximate surface area is 167 Å². The molecule has 144 valence electrons. The Morgan fingerprint density at radius 2 is 1.50 bits per heavy atom. The number of aliphatic carboxylic acids is 1. The van der Waals surface area contributed by atoms with E-state index in [0.29, 0.717) is 0 Å². The molecular formula is C25H27NO2. The van der Waals surface area contributed by atoms with Crippen molar-refractivity contribution in [2.45, 2.75) is 33.1 Å².